The molecule has 1 unspecified atom stereocenters. The molecule has 3 aromatic rings. The Balaban J connectivity index is 0.00000342. The topological polar surface area (TPSA) is 87.7 Å². The fourth-order valence-corrected chi connectivity index (χ4v) is 4.61. The van der Waals surface area contributed by atoms with Crippen molar-refractivity contribution in [2.24, 2.45) is 0 Å². The molecule has 1 N–H and O–H groups in total. The van der Waals surface area contributed by atoms with Gasteiger partial charge in [0, 0.05) is 34.1 Å². The van der Waals surface area contributed by atoms with Crippen molar-refractivity contribution in [1.29, 1.82) is 0 Å². The molecule has 10 heteroatoms. The third kappa shape index (κ3) is 6.26. The summed E-state index contributed by atoms with van der Waals surface area (Å²) in [6, 6.07) is 16.3. The van der Waals surface area contributed by atoms with E-state index in [-0.39, 0.29) is 59.3 Å². The Kier molecular flexibility index (Phi) is 9.38. The summed E-state index contributed by atoms with van der Waals surface area (Å²) in [5.41, 5.74) is -0.221. The number of carbonyl (C=O) groups is 2. The molecule has 0 aromatic heterocycles. The summed E-state index contributed by atoms with van der Waals surface area (Å²) in [5, 5.41) is 16.1. The maximum absolute atomic E-state index is 12.6. The van der Waals surface area contributed by atoms with Gasteiger partial charge >= 0.3 is 29.6 Å². The average Bonchev–Trinajstić information content (AvgIpc) is 2.79. The van der Waals surface area contributed by atoms with Gasteiger partial charge in [-0.25, -0.2) is 0 Å². The Morgan fingerprint density at radius 2 is 1.74 bits per heavy atom. The van der Waals surface area contributed by atoms with Crippen molar-refractivity contribution in [1.82, 2.24) is 5.32 Å². The monoisotopic (exact) mass is 541 g/mol. The number of para-hydroxylation sites is 1. The molecule has 176 valence electrons. The van der Waals surface area contributed by atoms with Crippen molar-refractivity contribution in [3.05, 3.63) is 92.4 Å². The number of hydrogen-bond acceptors (Lipinski definition) is 5. The predicted octanol–water partition coefficient (Wildman–Crippen LogP) is 1.43. The summed E-state index contributed by atoms with van der Waals surface area (Å²) in [5.74, 6) is -1.21. The van der Waals surface area contributed by atoms with E-state index >= 15 is 0 Å². The van der Waals surface area contributed by atoms with Gasteiger partial charge in [0.05, 0.1) is 17.6 Å². The number of benzene rings is 3. The first-order chi connectivity index (χ1) is 16.3. The fraction of sp³-hybridized carbons (Fsp3) is 0.200. The van der Waals surface area contributed by atoms with Crippen molar-refractivity contribution >= 4 is 46.7 Å². The summed E-state index contributed by atoms with van der Waals surface area (Å²) in [7, 11) is 0. The van der Waals surface area contributed by atoms with Crippen molar-refractivity contribution in [3.8, 4) is 11.5 Å². The van der Waals surface area contributed by atoms with Crippen LogP contribution in [0.2, 0.25) is 15.1 Å². The van der Waals surface area contributed by atoms with E-state index in [1.54, 1.807) is 42.5 Å². The predicted molar refractivity (Wildman–Crippen MR) is 128 cm³/mol. The third-order valence-electron chi connectivity index (χ3n) is 5.46. The van der Waals surface area contributed by atoms with Crippen LogP contribution in [-0.4, -0.2) is 25.0 Å². The van der Waals surface area contributed by atoms with Gasteiger partial charge in [0.25, 0.3) is 5.91 Å². The third-order valence-corrected chi connectivity index (χ3v) is 6.20. The molecule has 1 aliphatic heterocycles. The van der Waals surface area contributed by atoms with Crippen LogP contribution in [0.3, 0.4) is 0 Å². The van der Waals surface area contributed by atoms with Crippen LogP contribution >= 0.6 is 34.8 Å². The number of ether oxygens (including phenoxy) is 2. The second kappa shape index (κ2) is 11.9. The summed E-state index contributed by atoms with van der Waals surface area (Å²) in [6.07, 6.45) is 0.578. The van der Waals surface area contributed by atoms with E-state index in [2.05, 4.69) is 5.32 Å². The number of hydrogen-bond donors (Lipinski definition) is 1. The minimum absolute atomic E-state index is 0. The van der Waals surface area contributed by atoms with Gasteiger partial charge < -0.3 is 24.7 Å². The van der Waals surface area contributed by atoms with Gasteiger partial charge in [0.1, 0.15) is 11.5 Å². The second-order valence-electron chi connectivity index (χ2n) is 7.74. The van der Waals surface area contributed by atoms with E-state index in [1.807, 2.05) is 0 Å². The number of rotatable bonds is 7. The summed E-state index contributed by atoms with van der Waals surface area (Å²) < 4.78 is 11.5. The van der Waals surface area contributed by atoms with Gasteiger partial charge in [0.15, 0.2) is 5.60 Å². The Bertz CT molecular complexity index is 1240. The molecular formula is C25H19Cl3NNaO5. The standard InChI is InChI=1S/C25H20Cl3NO5.Na/c26-17-11-15(12-18(27)14-17)7-9-29-23(30)16-5-6-22(20(28)13-16)34-25(24(31)32)8-10-33-21-4-2-1-3-19(21)25;/h1-6,11-14H,7-10H2,(H,29,30)(H,31,32);/q;+1/p-1. The Morgan fingerprint density at radius 3 is 2.43 bits per heavy atom. The maximum atomic E-state index is 12.6. The number of aliphatic carboxylic acids is 1. The smallest absolute Gasteiger partial charge is 0.545 e. The minimum atomic E-state index is -1.76. The Labute approximate surface area is 239 Å². The quantitative estimate of drug-likeness (QED) is 0.457. The number of halogens is 3. The van der Waals surface area contributed by atoms with Gasteiger partial charge in [-0.3, -0.25) is 4.79 Å². The van der Waals surface area contributed by atoms with E-state index in [0.717, 1.165) is 5.56 Å². The van der Waals surface area contributed by atoms with Gasteiger partial charge in [-0.2, -0.15) is 0 Å². The largest absolute Gasteiger partial charge is 1.00 e. The van der Waals surface area contributed by atoms with Crippen LogP contribution in [0.15, 0.2) is 60.7 Å². The first kappa shape index (κ1) is 27.7. The zero-order valence-electron chi connectivity index (χ0n) is 18.8. The molecule has 3 aromatic carbocycles. The van der Waals surface area contributed by atoms with Crippen molar-refractivity contribution < 1.29 is 53.7 Å². The van der Waals surface area contributed by atoms with E-state index in [1.165, 1.54) is 18.2 Å². The van der Waals surface area contributed by atoms with Crippen LogP contribution in [0.25, 0.3) is 0 Å². The molecule has 0 saturated heterocycles. The number of nitrogens with one attached hydrogen (secondary N) is 1. The zero-order chi connectivity index (χ0) is 24.3. The molecule has 0 radical (unpaired) electrons. The zero-order valence-corrected chi connectivity index (χ0v) is 23.0. The summed E-state index contributed by atoms with van der Waals surface area (Å²) in [4.78, 5) is 24.8. The Hall–Kier alpha value is -1.93. The average molecular weight is 543 g/mol. The molecular weight excluding hydrogens is 524 g/mol. The molecule has 0 fully saturated rings. The van der Waals surface area contributed by atoms with Gasteiger partial charge in [-0.1, -0.05) is 53.0 Å². The number of fused-ring (bicyclic) bond motifs is 1. The van der Waals surface area contributed by atoms with Gasteiger partial charge in [0.2, 0.25) is 0 Å². The molecule has 0 saturated carbocycles. The summed E-state index contributed by atoms with van der Waals surface area (Å²) >= 11 is 18.4. The number of amides is 1. The molecule has 4 rings (SSSR count). The minimum Gasteiger partial charge on any atom is -0.545 e. The van der Waals surface area contributed by atoms with Gasteiger partial charge in [-0.15, -0.1) is 0 Å². The van der Waals surface area contributed by atoms with Crippen molar-refractivity contribution in [2.45, 2.75) is 18.4 Å². The molecule has 0 spiro atoms. The van der Waals surface area contributed by atoms with Crippen molar-refractivity contribution in [3.63, 3.8) is 0 Å². The fourth-order valence-electron chi connectivity index (χ4n) is 3.82. The summed E-state index contributed by atoms with van der Waals surface area (Å²) in [6.45, 7) is 0.497. The molecule has 0 aliphatic carbocycles. The normalized spacial score (nSPS) is 16.3. The van der Waals surface area contributed by atoms with Crippen LogP contribution < -0.4 is 49.5 Å². The number of carboxylic acid groups (broad SMARTS) is 1. The molecule has 1 amide bonds. The van der Waals surface area contributed by atoms with Gasteiger partial charge in [-0.05, 0) is 54.4 Å². The van der Waals surface area contributed by atoms with E-state index < -0.39 is 11.6 Å². The van der Waals surface area contributed by atoms with E-state index in [0.29, 0.717) is 39.9 Å². The van der Waals surface area contributed by atoms with Crippen LogP contribution in [0.1, 0.15) is 27.9 Å². The van der Waals surface area contributed by atoms with Crippen LogP contribution in [0, 0.1) is 0 Å². The van der Waals surface area contributed by atoms with E-state index in [9.17, 15) is 14.7 Å². The first-order valence-corrected chi connectivity index (χ1v) is 11.6. The Morgan fingerprint density at radius 1 is 1.03 bits per heavy atom. The van der Waals surface area contributed by atoms with Crippen LogP contribution in [-0.2, 0) is 16.8 Å². The number of carbonyl (C=O) groups excluding carboxylic acids is 2. The van der Waals surface area contributed by atoms with Crippen LogP contribution in [0.5, 0.6) is 11.5 Å². The first-order valence-electron chi connectivity index (χ1n) is 10.4. The molecule has 0 bridgehead atoms. The molecule has 1 atom stereocenters. The van der Waals surface area contributed by atoms with E-state index in [4.69, 9.17) is 44.3 Å². The molecule has 6 nitrogen and oxygen atoms in total. The second-order valence-corrected chi connectivity index (χ2v) is 9.02. The number of carboxylic acids is 1. The SMILES string of the molecule is O=C(NCCc1cc(Cl)cc(Cl)c1)c1ccc(OC2(C(=O)[O-])CCOc3ccccc32)c(Cl)c1.[Na+]. The maximum Gasteiger partial charge on any atom is 1.00 e. The molecule has 1 aliphatic rings. The molecule has 35 heavy (non-hydrogen) atoms. The van der Waals surface area contributed by atoms with Crippen molar-refractivity contribution in [2.75, 3.05) is 13.2 Å². The molecule has 1 heterocycles. The van der Waals surface area contributed by atoms with Crippen LogP contribution in [0.4, 0.5) is 0 Å².